The van der Waals surface area contributed by atoms with E-state index in [1.807, 2.05) is 18.2 Å². The van der Waals surface area contributed by atoms with Crippen LogP contribution in [-0.4, -0.2) is 27.9 Å². The summed E-state index contributed by atoms with van der Waals surface area (Å²) in [6.45, 7) is 0.408. The molecule has 0 aliphatic heterocycles. The number of hydrogen-bond acceptors (Lipinski definition) is 5. The molecule has 0 spiro atoms. The molecule has 4 aromatic rings. The largest absolute Gasteiger partial charge is 0.489 e. The second kappa shape index (κ2) is 12.2. The van der Waals surface area contributed by atoms with E-state index in [0.29, 0.717) is 12.2 Å². The third kappa shape index (κ3) is 6.63. The Morgan fingerprint density at radius 1 is 1.05 bits per heavy atom. The van der Waals surface area contributed by atoms with Gasteiger partial charge in [-0.2, -0.15) is 0 Å². The molecule has 0 radical (unpaired) electrons. The summed E-state index contributed by atoms with van der Waals surface area (Å²) in [5.74, 6) is -1.05. The van der Waals surface area contributed by atoms with Crippen molar-refractivity contribution >= 4 is 23.4 Å². The summed E-state index contributed by atoms with van der Waals surface area (Å²) in [4.78, 5) is 40.8. The lowest BCUT2D eigenvalue weighted by Gasteiger charge is -2.11. The van der Waals surface area contributed by atoms with E-state index in [2.05, 4.69) is 10.3 Å². The van der Waals surface area contributed by atoms with E-state index in [9.17, 15) is 18.8 Å². The van der Waals surface area contributed by atoms with Crippen LogP contribution in [0.25, 0.3) is 0 Å². The Labute approximate surface area is 222 Å². The molecule has 2 heterocycles. The van der Waals surface area contributed by atoms with Gasteiger partial charge in [-0.25, -0.2) is 4.39 Å². The molecule has 3 N–H and O–H groups in total. The van der Waals surface area contributed by atoms with E-state index in [1.54, 1.807) is 30.3 Å². The molecule has 0 unspecified atom stereocenters. The number of pyridine rings is 2. The molecule has 2 amide bonds. The molecule has 2 aromatic carbocycles. The van der Waals surface area contributed by atoms with Crippen LogP contribution >= 0.6 is 11.6 Å². The maximum absolute atomic E-state index is 14.2. The van der Waals surface area contributed by atoms with E-state index in [4.69, 9.17) is 22.1 Å². The van der Waals surface area contributed by atoms with Crippen LogP contribution in [0.2, 0.25) is 5.02 Å². The van der Waals surface area contributed by atoms with Crippen molar-refractivity contribution in [3.63, 3.8) is 0 Å². The number of carbonyl (C=O) groups excluding carboxylic acids is 2. The molecule has 194 valence electrons. The van der Waals surface area contributed by atoms with E-state index in [1.165, 1.54) is 35.2 Å². The van der Waals surface area contributed by atoms with Crippen LogP contribution in [0.3, 0.4) is 0 Å². The van der Waals surface area contributed by atoms with Gasteiger partial charge in [-0.1, -0.05) is 29.8 Å². The minimum absolute atomic E-state index is 0.0512. The smallest absolute Gasteiger partial charge is 0.267 e. The lowest BCUT2D eigenvalue weighted by atomic mass is 10.1. The minimum atomic E-state index is -0.611. The summed E-state index contributed by atoms with van der Waals surface area (Å²) in [5, 5.41) is 2.96. The van der Waals surface area contributed by atoms with Crippen molar-refractivity contribution in [3.8, 4) is 5.75 Å². The van der Waals surface area contributed by atoms with Gasteiger partial charge in [0.05, 0.1) is 6.54 Å². The van der Waals surface area contributed by atoms with E-state index >= 15 is 0 Å². The van der Waals surface area contributed by atoms with Gasteiger partial charge < -0.3 is 20.4 Å². The maximum Gasteiger partial charge on any atom is 0.267 e. The van der Waals surface area contributed by atoms with Gasteiger partial charge in [0.15, 0.2) is 0 Å². The van der Waals surface area contributed by atoms with Crippen LogP contribution in [0.5, 0.6) is 5.75 Å². The Hall–Kier alpha value is -4.50. The van der Waals surface area contributed by atoms with Gasteiger partial charge in [0, 0.05) is 29.5 Å². The van der Waals surface area contributed by atoms with Gasteiger partial charge in [0.1, 0.15) is 29.4 Å². The zero-order chi connectivity index (χ0) is 27.1. The third-order valence-corrected chi connectivity index (χ3v) is 6.09. The summed E-state index contributed by atoms with van der Waals surface area (Å²) in [6.07, 6.45) is 3.47. The average Bonchev–Trinajstić information content (AvgIpc) is 2.91. The molecule has 0 atom stereocenters. The van der Waals surface area contributed by atoms with Crippen LogP contribution < -0.4 is 21.3 Å². The first-order chi connectivity index (χ1) is 18.3. The Morgan fingerprint density at radius 3 is 2.66 bits per heavy atom. The highest BCUT2D eigenvalue weighted by Crippen LogP contribution is 2.20. The SMILES string of the molecule is NC(=O)c1cc(COc2cccc(CCNC(=O)c3cccn(Cc4c(F)cccc4Cl)c3=O)c2)ccn1. The molecule has 0 aliphatic rings. The lowest BCUT2D eigenvalue weighted by molar-refractivity contribution is 0.0950. The van der Waals surface area contributed by atoms with Crippen molar-refractivity contribution in [1.29, 1.82) is 0 Å². The summed E-state index contributed by atoms with van der Waals surface area (Å²) in [7, 11) is 0. The molecule has 0 saturated carbocycles. The molecular weight excluding hydrogens is 511 g/mol. The Kier molecular flexibility index (Phi) is 8.50. The zero-order valence-electron chi connectivity index (χ0n) is 20.2. The molecule has 0 bridgehead atoms. The number of aromatic nitrogens is 2. The Morgan fingerprint density at radius 2 is 1.87 bits per heavy atom. The second-order valence-corrected chi connectivity index (χ2v) is 8.82. The number of rotatable bonds is 10. The molecule has 2 aromatic heterocycles. The van der Waals surface area contributed by atoms with Gasteiger partial charge in [-0.05, 0) is 66.1 Å². The molecule has 8 nitrogen and oxygen atoms in total. The first-order valence-electron chi connectivity index (χ1n) is 11.7. The average molecular weight is 535 g/mol. The highest BCUT2D eigenvalue weighted by Gasteiger charge is 2.14. The fourth-order valence-electron chi connectivity index (χ4n) is 3.76. The van der Waals surface area contributed by atoms with Crippen LogP contribution in [0.1, 0.15) is 37.5 Å². The summed E-state index contributed by atoms with van der Waals surface area (Å²) in [5.41, 5.74) is 6.66. The van der Waals surface area contributed by atoms with Gasteiger partial charge in [-0.15, -0.1) is 0 Å². The molecule has 38 heavy (non-hydrogen) atoms. The van der Waals surface area contributed by atoms with Gasteiger partial charge >= 0.3 is 0 Å². The zero-order valence-corrected chi connectivity index (χ0v) is 21.0. The predicted octanol–water partition coefficient (Wildman–Crippen LogP) is 3.73. The Balaban J connectivity index is 1.34. The van der Waals surface area contributed by atoms with Crippen LogP contribution in [0.4, 0.5) is 4.39 Å². The summed E-state index contributed by atoms with van der Waals surface area (Å²) >= 11 is 6.08. The van der Waals surface area contributed by atoms with E-state index < -0.39 is 23.2 Å². The number of hydrogen-bond donors (Lipinski definition) is 2. The number of halogens is 2. The number of ether oxygens (including phenoxy) is 1. The Bertz CT molecular complexity index is 1520. The first-order valence-corrected chi connectivity index (χ1v) is 12.1. The van der Waals surface area contributed by atoms with Crippen molar-refractivity contribution < 1.29 is 18.7 Å². The van der Waals surface area contributed by atoms with Crippen molar-refractivity contribution in [2.24, 2.45) is 5.73 Å². The number of primary amides is 1. The van der Waals surface area contributed by atoms with Crippen molar-refractivity contribution in [2.75, 3.05) is 6.54 Å². The van der Waals surface area contributed by atoms with Crippen molar-refractivity contribution in [2.45, 2.75) is 19.6 Å². The normalized spacial score (nSPS) is 10.7. The molecule has 0 fully saturated rings. The lowest BCUT2D eigenvalue weighted by Crippen LogP contribution is -2.34. The highest BCUT2D eigenvalue weighted by molar-refractivity contribution is 6.31. The van der Waals surface area contributed by atoms with Gasteiger partial charge in [-0.3, -0.25) is 19.4 Å². The summed E-state index contributed by atoms with van der Waals surface area (Å²) in [6, 6.07) is 17.9. The summed E-state index contributed by atoms with van der Waals surface area (Å²) < 4.78 is 21.2. The van der Waals surface area contributed by atoms with Crippen molar-refractivity contribution in [3.05, 3.63) is 128 Å². The molecular formula is C28H24ClFN4O4. The first kappa shape index (κ1) is 26.6. The van der Waals surface area contributed by atoms with Gasteiger partial charge in [0.2, 0.25) is 0 Å². The topological polar surface area (TPSA) is 116 Å². The predicted molar refractivity (Wildman–Crippen MR) is 141 cm³/mol. The molecule has 4 rings (SSSR count). The van der Waals surface area contributed by atoms with E-state index in [0.717, 1.165) is 11.1 Å². The highest BCUT2D eigenvalue weighted by atomic mass is 35.5. The van der Waals surface area contributed by atoms with Crippen molar-refractivity contribution in [1.82, 2.24) is 14.9 Å². The number of nitrogens with zero attached hydrogens (tertiary/aromatic N) is 2. The fourth-order valence-corrected chi connectivity index (χ4v) is 3.98. The number of nitrogens with two attached hydrogens (primary N) is 1. The van der Waals surface area contributed by atoms with Crippen LogP contribution in [0.15, 0.2) is 83.9 Å². The minimum Gasteiger partial charge on any atom is -0.489 e. The molecule has 0 saturated heterocycles. The second-order valence-electron chi connectivity index (χ2n) is 8.41. The molecule has 10 heteroatoms. The number of benzene rings is 2. The maximum atomic E-state index is 14.2. The van der Waals surface area contributed by atoms with Crippen LogP contribution in [0, 0.1) is 5.82 Å². The van der Waals surface area contributed by atoms with Gasteiger partial charge in [0.25, 0.3) is 17.4 Å². The quantitative estimate of drug-likeness (QED) is 0.321. The monoisotopic (exact) mass is 534 g/mol. The standard InChI is InChI=1S/C28H24ClFN4O4/c29-23-7-2-8-24(30)22(23)16-34-13-3-6-21(28(34)37)27(36)33-12-9-18-4-1-5-20(14-18)38-17-19-10-11-32-25(15-19)26(31)35/h1-8,10-11,13-15H,9,12,16-17H2,(H2,31,35)(H,33,36). The number of amides is 2. The fraction of sp³-hybridized carbons (Fsp3) is 0.143. The number of nitrogens with one attached hydrogen (secondary N) is 1. The van der Waals surface area contributed by atoms with Crippen LogP contribution in [-0.2, 0) is 19.6 Å². The van der Waals surface area contributed by atoms with E-state index in [-0.39, 0.29) is 41.5 Å². The number of carbonyl (C=O) groups is 2. The third-order valence-electron chi connectivity index (χ3n) is 5.73. The molecule has 0 aliphatic carbocycles.